The highest BCUT2D eigenvalue weighted by Gasteiger charge is 1.91. The quantitative estimate of drug-likeness (QED) is 0.631. The van der Waals surface area contributed by atoms with Crippen molar-refractivity contribution in [1.29, 1.82) is 0 Å². The highest BCUT2D eigenvalue weighted by Crippen LogP contribution is 2.08. The standard InChI is InChI=1S/C12H10FN3/c13-10-4-3-6-11(8-10)16-15-9-12-5-1-2-7-14-12/h1-9,16H. The zero-order valence-corrected chi connectivity index (χ0v) is 8.47. The summed E-state index contributed by atoms with van der Waals surface area (Å²) in [7, 11) is 0. The number of nitrogens with one attached hydrogen (secondary N) is 1. The van der Waals surface area contributed by atoms with Crippen molar-refractivity contribution in [3.05, 3.63) is 60.2 Å². The number of anilines is 1. The molecule has 1 aromatic heterocycles. The summed E-state index contributed by atoms with van der Waals surface area (Å²) in [4.78, 5) is 4.06. The summed E-state index contributed by atoms with van der Waals surface area (Å²) in [6.07, 6.45) is 3.26. The number of hydrogen-bond acceptors (Lipinski definition) is 3. The van der Waals surface area contributed by atoms with Gasteiger partial charge in [-0.2, -0.15) is 5.10 Å². The fourth-order valence-electron chi connectivity index (χ4n) is 1.18. The second kappa shape index (κ2) is 5.02. The number of pyridine rings is 1. The molecule has 0 aliphatic heterocycles. The lowest BCUT2D eigenvalue weighted by Crippen LogP contribution is -1.92. The minimum Gasteiger partial charge on any atom is -0.278 e. The number of hydrazone groups is 1. The van der Waals surface area contributed by atoms with Crippen LogP contribution in [-0.2, 0) is 0 Å². The van der Waals surface area contributed by atoms with Crippen LogP contribution in [0.3, 0.4) is 0 Å². The van der Waals surface area contributed by atoms with Gasteiger partial charge in [-0.1, -0.05) is 12.1 Å². The van der Waals surface area contributed by atoms with Crippen molar-refractivity contribution in [3.63, 3.8) is 0 Å². The molecule has 0 amide bonds. The van der Waals surface area contributed by atoms with Crippen molar-refractivity contribution in [3.8, 4) is 0 Å². The van der Waals surface area contributed by atoms with E-state index in [4.69, 9.17) is 0 Å². The van der Waals surface area contributed by atoms with E-state index in [9.17, 15) is 4.39 Å². The molecule has 0 aliphatic rings. The van der Waals surface area contributed by atoms with Crippen molar-refractivity contribution < 1.29 is 4.39 Å². The van der Waals surface area contributed by atoms with Crippen molar-refractivity contribution in [2.75, 3.05) is 5.43 Å². The first-order valence-corrected chi connectivity index (χ1v) is 4.80. The van der Waals surface area contributed by atoms with Gasteiger partial charge in [0.15, 0.2) is 0 Å². The molecule has 2 aromatic rings. The monoisotopic (exact) mass is 215 g/mol. The molecule has 1 N–H and O–H groups in total. The Hall–Kier alpha value is -2.23. The average Bonchev–Trinajstić information content (AvgIpc) is 2.30. The molecule has 3 nitrogen and oxygen atoms in total. The zero-order chi connectivity index (χ0) is 11.2. The maximum Gasteiger partial charge on any atom is 0.125 e. The first kappa shape index (κ1) is 10.3. The topological polar surface area (TPSA) is 37.3 Å². The van der Waals surface area contributed by atoms with Crippen LogP contribution in [0.5, 0.6) is 0 Å². The van der Waals surface area contributed by atoms with Gasteiger partial charge in [0.05, 0.1) is 17.6 Å². The van der Waals surface area contributed by atoms with Gasteiger partial charge in [-0.25, -0.2) is 4.39 Å². The van der Waals surface area contributed by atoms with Gasteiger partial charge in [0.25, 0.3) is 0 Å². The third-order valence-electron chi connectivity index (χ3n) is 1.90. The van der Waals surface area contributed by atoms with Gasteiger partial charge in [0.1, 0.15) is 5.82 Å². The largest absolute Gasteiger partial charge is 0.278 e. The third-order valence-corrected chi connectivity index (χ3v) is 1.90. The Bertz CT molecular complexity index is 483. The van der Waals surface area contributed by atoms with E-state index in [2.05, 4.69) is 15.5 Å². The van der Waals surface area contributed by atoms with E-state index >= 15 is 0 Å². The van der Waals surface area contributed by atoms with Crippen LogP contribution < -0.4 is 5.43 Å². The molecule has 0 aliphatic carbocycles. The summed E-state index contributed by atoms with van der Waals surface area (Å²) >= 11 is 0. The van der Waals surface area contributed by atoms with Gasteiger partial charge in [0, 0.05) is 6.20 Å². The molecule has 4 heteroatoms. The summed E-state index contributed by atoms with van der Waals surface area (Å²) in [5.74, 6) is -0.293. The van der Waals surface area contributed by atoms with Gasteiger partial charge < -0.3 is 0 Å². The van der Waals surface area contributed by atoms with E-state index in [1.54, 1.807) is 24.5 Å². The number of nitrogens with zero attached hydrogens (tertiary/aromatic N) is 2. The number of aromatic nitrogens is 1. The molecule has 1 heterocycles. The number of rotatable bonds is 3. The molecule has 1 aromatic carbocycles. The Morgan fingerprint density at radius 1 is 1.19 bits per heavy atom. The van der Waals surface area contributed by atoms with Crippen molar-refractivity contribution >= 4 is 11.9 Å². The Balaban J connectivity index is 2.00. The van der Waals surface area contributed by atoms with E-state index in [0.717, 1.165) is 5.69 Å². The van der Waals surface area contributed by atoms with E-state index < -0.39 is 0 Å². The molecule has 0 spiro atoms. The molecule has 16 heavy (non-hydrogen) atoms. The Morgan fingerprint density at radius 3 is 2.88 bits per heavy atom. The van der Waals surface area contributed by atoms with Gasteiger partial charge in [-0.05, 0) is 30.3 Å². The fraction of sp³-hybridized carbons (Fsp3) is 0. The van der Waals surface area contributed by atoms with Gasteiger partial charge in [0.2, 0.25) is 0 Å². The Morgan fingerprint density at radius 2 is 2.12 bits per heavy atom. The molecular weight excluding hydrogens is 205 g/mol. The number of hydrogen-bond donors (Lipinski definition) is 1. The molecule has 0 radical (unpaired) electrons. The molecule has 0 saturated carbocycles. The Kier molecular flexibility index (Phi) is 3.23. The van der Waals surface area contributed by atoms with Crippen LogP contribution in [0, 0.1) is 5.82 Å². The van der Waals surface area contributed by atoms with Crippen molar-refractivity contribution in [2.45, 2.75) is 0 Å². The first-order valence-electron chi connectivity index (χ1n) is 4.80. The fourth-order valence-corrected chi connectivity index (χ4v) is 1.18. The van der Waals surface area contributed by atoms with Crippen LogP contribution in [0.25, 0.3) is 0 Å². The summed E-state index contributed by atoms with van der Waals surface area (Å²) < 4.78 is 12.8. The second-order valence-corrected chi connectivity index (χ2v) is 3.13. The number of benzene rings is 1. The molecular formula is C12H10FN3. The minimum atomic E-state index is -0.293. The third kappa shape index (κ3) is 2.88. The molecule has 80 valence electrons. The van der Waals surface area contributed by atoms with Crippen molar-refractivity contribution in [2.24, 2.45) is 5.10 Å². The SMILES string of the molecule is Fc1cccc(NN=Cc2ccccn2)c1. The molecule has 2 rings (SSSR count). The van der Waals surface area contributed by atoms with E-state index in [0.29, 0.717) is 5.69 Å². The summed E-state index contributed by atoms with van der Waals surface area (Å²) in [6, 6.07) is 11.6. The van der Waals surface area contributed by atoms with E-state index in [1.165, 1.54) is 12.1 Å². The molecule has 0 unspecified atom stereocenters. The molecule has 0 bridgehead atoms. The van der Waals surface area contributed by atoms with Crippen LogP contribution in [-0.4, -0.2) is 11.2 Å². The highest BCUT2D eigenvalue weighted by atomic mass is 19.1. The predicted octanol–water partition coefficient (Wildman–Crippen LogP) is 2.67. The lowest BCUT2D eigenvalue weighted by Gasteiger charge is -1.98. The van der Waals surface area contributed by atoms with Crippen LogP contribution in [0.15, 0.2) is 53.8 Å². The molecule has 0 saturated heterocycles. The predicted molar refractivity (Wildman–Crippen MR) is 61.9 cm³/mol. The minimum absolute atomic E-state index is 0.293. The van der Waals surface area contributed by atoms with E-state index in [1.807, 2.05) is 18.2 Å². The summed E-state index contributed by atoms with van der Waals surface area (Å²) in [5.41, 5.74) is 4.07. The zero-order valence-electron chi connectivity index (χ0n) is 8.47. The maximum atomic E-state index is 12.8. The highest BCUT2D eigenvalue weighted by molar-refractivity contribution is 5.77. The average molecular weight is 215 g/mol. The summed E-state index contributed by atoms with van der Waals surface area (Å²) in [6.45, 7) is 0. The Labute approximate surface area is 92.7 Å². The van der Waals surface area contributed by atoms with Crippen molar-refractivity contribution in [1.82, 2.24) is 4.98 Å². The van der Waals surface area contributed by atoms with E-state index in [-0.39, 0.29) is 5.82 Å². The lowest BCUT2D eigenvalue weighted by atomic mass is 10.3. The second-order valence-electron chi connectivity index (χ2n) is 3.13. The van der Waals surface area contributed by atoms with Crippen LogP contribution in [0.1, 0.15) is 5.69 Å². The summed E-state index contributed by atoms with van der Waals surface area (Å²) in [5, 5.41) is 3.95. The lowest BCUT2D eigenvalue weighted by molar-refractivity contribution is 0.628. The van der Waals surface area contributed by atoms with Gasteiger partial charge in [-0.15, -0.1) is 0 Å². The van der Waals surface area contributed by atoms with Gasteiger partial charge in [-0.3, -0.25) is 10.4 Å². The molecule has 0 fully saturated rings. The number of halogens is 1. The smallest absolute Gasteiger partial charge is 0.125 e. The molecule has 0 atom stereocenters. The maximum absolute atomic E-state index is 12.8. The first-order chi connectivity index (χ1) is 7.84. The normalized spacial score (nSPS) is 10.6. The van der Waals surface area contributed by atoms with Crippen LogP contribution in [0.2, 0.25) is 0 Å². The van der Waals surface area contributed by atoms with Crippen LogP contribution in [0.4, 0.5) is 10.1 Å². The van der Waals surface area contributed by atoms with Gasteiger partial charge >= 0.3 is 0 Å². The van der Waals surface area contributed by atoms with Crippen LogP contribution >= 0.6 is 0 Å².